The van der Waals surface area contributed by atoms with E-state index >= 15 is 0 Å². The van der Waals surface area contributed by atoms with Gasteiger partial charge in [0.15, 0.2) is 0 Å². The predicted octanol–water partition coefficient (Wildman–Crippen LogP) is 5.01. The summed E-state index contributed by atoms with van der Waals surface area (Å²) in [5.41, 5.74) is -2.41. The lowest BCUT2D eigenvalue weighted by Gasteiger charge is -2.44. The van der Waals surface area contributed by atoms with Gasteiger partial charge in [0.05, 0.1) is 24.2 Å². The van der Waals surface area contributed by atoms with Crippen LogP contribution in [0.15, 0.2) is 48.5 Å². The molecule has 0 N–H and O–H groups in total. The van der Waals surface area contributed by atoms with Gasteiger partial charge >= 0.3 is 18.4 Å². The Hall–Kier alpha value is -3.77. The third-order valence-corrected chi connectivity index (χ3v) is 7.58. The Labute approximate surface area is 232 Å². The van der Waals surface area contributed by atoms with Crippen molar-refractivity contribution in [2.24, 2.45) is 11.8 Å². The molecule has 0 aromatic heterocycles. The summed E-state index contributed by atoms with van der Waals surface area (Å²) in [5.74, 6) is -2.12. The molecule has 2 heterocycles. The molecule has 2 unspecified atom stereocenters. The highest BCUT2D eigenvalue weighted by molar-refractivity contribution is 5.84. The topological polar surface area (TPSA) is 70.2 Å². The first-order valence-electron chi connectivity index (χ1n) is 12.9. The lowest BCUT2D eigenvalue weighted by atomic mass is 9.79. The summed E-state index contributed by atoms with van der Waals surface area (Å²) in [7, 11) is 2.59. The van der Waals surface area contributed by atoms with Gasteiger partial charge in [-0.3, -0.25) is 9.59 Å². The van der Waals surface area contributed by atoms with Gasteiger partial charge in [0, 0.05) is 51.6 Å². The van der Waals surface area contributed by atoms with Crippen LogP contribution in [-0.2, 0) is 33.2 Å². The van der Waals surface area contributed by atoms with Crippen LogP contribution >= 0.6 is 0 Å². The van der Waals surface area contributed by atoms with E-state index in [2.05, 4.69) is 4.74 Å². The number of amides is 3. The first kappa shape index (κ1) is 30.2. The summed E-state index contributed by atoms with van der Waals surface area (Å²) in [5, 5.41) is 0. The average Bonchev–Trinajstić information content (AvgIpc) is 2.90. The maximum Gasteiger partial charge on any atom is 0.416 e. The molecule has 0 radical (unpaired) electrons. The zero-order valence-electron chi connectivity index (χ0n) is 22.3. The Morgan fingerprint density at radius 1 is 0.902 bits per heavy atom. The lowest BCUT2D eigenvalue weighted by Crippen LogP contribution is -2.58. The predicted molar refractivity (Wildman–Crippen MR) is 134 cm³/mol. The van der Waals surface area contributed by atoms with E-state index in [1.54, 1.807) is 23.1 Å². The van der Waals surface area contributed by atoms with E-state index < -0.39 is 59.8 Å². The van der Waals surface area contributed by atoms with Crippen molar-refractivity contribution < 1.29 is 45.5 Å². The number of carbonyl (C=O) groups excluding carboxylic acids is 3. The molecule has 41 heavy (non-hydrogen) atoms. The Morgan fingerprint density at radius 2 is 1.49 bits per heavy atom. The second-order valence-electron chi connectivity index (χ2n) is 10.4. The minimum absolute atomic E-state index is 0.0516. The number of likely N-dealkylation sites (tertiary alicyclic amines) is 2. The maximum atomic E-state index is 13.6. The molecule has 2 aromatic rings. The van der Waals surface area contributed by atoms with Crippen LogP contribution in [0.4, 0.5) is 31.1 Å². The van der Waals surface area contributed by atoms with Crippen LogP contribution in [0.1, 0.15) is 34.6 Å². The summed E-state index contributed by atoms with van der Waals surface area (Å²) < 4.78 is 84.6. The molecular formula is C28H29F6N3O4. The summed E-state index contributed by atoms with van der Waals surface area (Å²) in [6, 6.07) is 10.3. The number of ether oxygens (including phenoxy) is 1. The van der Waals surface area contributed by atoms with Crippen molar-refractivity contribution in [1.29, 1.82) is 0 Å². The van der Waals surface area contributed by atoms with Gasteiger partial charge in [-0.1, -0.05) is 30.3 Å². The van der Waals surface area contributed by atoms with E-state index in [1.165, 1.54) is 19.1 Å². The van der Waals surface area contributed by atoms with Crippen molar-refractivity contribution in [3.8, 4) is 0 Å². The van der Waals surface area contributed by atoms with Crippen molar-refractivity contribution in [3.05, 3.63) is 70.8 Å². The molecule has 0 bridgehead atoms. The summed E-state index contributed by atoms with van der Waals surface area (Å²) >= 11 is 0. The number of benzene rings is 2. The van der Waals surface area contributed by atoms with Crippen LogP contribution in [0.3, 0.4) is 0 Å². The van der Waals surface area contributed by atoms with Crippen LogP contribution in [0.2, 0.25) is 0 Å². The number of piperidine rings is 1. The van der Waals surface area contributed by atoms with Gasteiger partial charge in [-0.05, 0) is 35.7 Å². The molecular weight excluding hydrogens is 556 g/mol. The van der Waals surface area contributed by atoms with Gasteiger partial charge in [-0.15, -0.1) is 0 Å². The fraction of sp³-hybridized carbons (Fsp3) is 0.464. The number of carbonyl (C=O) groups is 3. The van der Waals surface area contributed by atoms with Crippen molar-refractivity contribution >= 4 is 17.9 Å². The van der Waals surface area contributed by atoms with E-state index in [-0.39, 0.29) is 50.1 Å². The van der Waals surface area contributed by atoms with E-state index in [9.17, 15) is 40.7 Å². The number of methoxy groups -OCH3 is 1. The van der Waals surface area contributed by atoms with Gasteiger partial charge in [-0.25, -0.2) is 4.79 Å². The molecule has 2 aliphatic rings. The SMILES string of the molecule is COC(=O)N1CC(C(=O)N2CCC(C(=O)N(C)Cc3cc(C(F)(F)F)cc(C(F)(F)F)c3)C(c3ccccc3)C2)C1. The molecule has 2 aromatic carbocycles. The van der Waals surface area contributed by atoms with E-state index in [0.717, 1.165) is 10.5 Å². The quantitative estimate of drug-likeness (QED) is 0.463. The Balaban J connectivity index is 1.52. The van der Waals surface area contributed by atoms with Crippen LogP contribution in [0.5, 0.6) is 0 Å². The average molecular weight is 586 g/mol. The number of halogens is 6. The summed E-state index contributed by atoms with van der Waals surface area (Å²) in [4.78, 5) is 42.6. The Bertz CT molecular complexity index is 1250. The number of hydrogen-bond acceptors (Lipinski definition) is 4. The smallest absolute Gasteiger partial charge is 0.416 e. The van der Waals surface area contributed by atoms with E-state index in [0.29, 0.717) is 12.1 Å². The van der Waals surface area contributed by atoms with Gasteiger partial charge in [0.25, 0.3) is 0 Å². The van der Waals surface area contributed by atoms with Gasteiger partial charge in [0.1, 0.15) is 0 Å². The van der Waals surface area contributed by atoms with Gasteiger partial charge < -0.3 is 19.4 Å². The first-order chi connectivity index (χ1) is 19.2. The van der Waals surface area contributed by atoms with Crippen molar-refractivity contribution in [2.75, 3.05) is 40.3 Å². The Kier molecular flexibility index (Phi) is 8.55. The molecule has 222 valence electrons. The number of nitrogens with zero attached hydrogens (tertiary/aromatic N) is 3. The lowest BCUT2D eigenvalue weighted by molar-refractivity contribution is -0.146. The third-order valence-electron chi connectivity index (χ3n) is 7.58. The standard InChI is InChI=1S/C28H29F6N3O4/c1-35(13-17-10-20(27(29,30)31)12-21(11-17)28(32,33)34)25(39)22-8-9-36(16-23(22)18-6-4-3-5-7-18)24(38)19-14-37(15-19)26(40)41-2/h3-7,10-12,19,22-23H,8-9,13-16H2,1-2H3. The normalized spacial score (nSPS) is 19.9. The van der Waals surface area contributed by atoms with Crippen LogP contribution in [0, 0.1) is 11.8 Å². The van der Waals surface area contributed by atoms with Crippen molar-refractivity contribution in [1.82, 2.24) is 14.7 Å². The fourth-order valence-electron chi connectivity index (χ4n) is 5.40. The van der Waals surface area contributed by atoms with Crippen molar-refractivity contribution in [3.63, 3.8) is 0 Å². The highest BCUT2D eigenvalue weighted by Crippen LogP contribution is 2.38. The molecule has 7 nitrogen and oxygen atoms in total. The highest BCUT2D eigenvalue weighted by atomic mass is 19.4. The maximum absolute atomic E-state index is 13.6. The van der Waals surface area contributed by atoms with Crippen molar-refractivity contribution in [2.45, 2.75) is 31.2 Å². The molecule has 2 fully saturated rings. The summed E-state index contributed by atoms with van der Waals surface area (Å²) in [6.07, 6.45) is -10.3. The first-order valence-corrected chi connectivity index (χ1v) is 12.9. The molecule has 0 saturated carbocycles. The fourth-order valence-corrected chi connectivity index (χ4v) is 5.40. The van der Waals surface area contributed by atoms with Crippen LogP contribution < -0.4 is 0 Å². The monoisotopic (exact) mass is 585 g/mol. The minimum Gasteiger partial charge on any atom is -0.453 e. The molecule has 4 rings (SSSR count). The molecule has 2 atom stereocenters. The second kappa shape index (κ2) is 11.6. The molecule has 13 heteroatoms. The number of hydrogen-bond donors (Lipinski definition) is 0. The molecule has 0 aliphatic carbocycles. The zero-order valence-corrected chi connectivity index (χ0v) is 22.3. The van der Waals surface area contributed by atoms with E-state index in [1.807, 2.05) is 12.1 Å². The van der Waals surface area contributed by atoms with E-state index in [4.69, 9.17) is 0 Å². The molecule has 2 aliphatic heterocycles. The second-order valence-corrected chi connectivity index (χ2v) is 10.4. The van der Waals surface area contributed by atoms with Crippen LogP contribution in [0.25, 0.3) is 0 Å². The van der Waals surface area contributed by atoms with Crippen LogP contribution in [-0.4, -0.2) is 72.9 Å². The number of rotatable bonds is 5. The zero-order chi connectivity index (χ0) is 30.1. The minimum atomic E-state index is -5.00. The van der Waals surface area contributed by atoms with Gasteiger partial charge in [0.2, 0.25) is 11.8 Å². The molecule has 3 amide bonds. The largest absolute Gasteiger partial charge is 0.453 e. The Morgan fingerprint density at radius 3 is 2.02 bits per heavy atom. The molecule has 2 saturated heterocycles. The summed E-state index contributed by atoms with van der Waals surface area (Å²) in [6.45, 7) is 0.421. The number of alkyl halides is 6. The van der Waals surface area contributed by atoms with Gasteiger partial charge in [-0.2, -0.15) is 26.3 Å². The third kappa shape index (κ3) is 6.76. The molecule has 0 spiro atoms. The highest BCUT2D eigenvalue weighted by Gasteiger charge is 2.43.